The van der Waals surface area contributed by atoms with Crippen LogP contribution in [0.4, 0.5) is 0 Å². The van der Waals surface area contributed by atoms with E-state index in [0.717, 1.165) is 19.3 Å². The summed E-state index contributed by atoms with van der Waals surface area (Å²) < 4.78 is 0. The van der Waals surface area contributed by atoms with Crippen LogP contribution in [-0.2, 0) is 6.42 Å². The molecule has 0 aromatic heterocycles. The Bertz CT molecular complexity index is 327. The van der Waals surface area contributed by atoms with Gasteiger partial charge in [0.2, 0.25) is 0 Å². The minimum absolute atomic E-state index is 0.0607. The molecule has 0 bridgehead atoms. The van der Waals surface area contributed by atoms with E-state index in [9.17, 15) is 0 Å². The van der Waals surface area contributed by atoms with Crippen molar-refractivity contribution in [2.45, 2.75) is 32.2 Å². The summed E-state index contributed by atoms with van der Waals surface area (Å²) in [7, 11) is 0. The van der Waals surface area contributed by atoms with Crippen LogP contribution in [0, 0.1) is 6.92 Å². The van der Waals surface area contributed by atoms with Gasteiger partial charge in [0.1, 0.15) is 0 Å². The zero-order chi connectivity index (χ0) is 12.0. The van der Waals surface area contributed by atoms with Crippen LogP contribution in [0.2, 0.25) is 0 Å². The van der Waals surface area contributed by atoms with Crippen molar-refractivity contribution in [3.05, 3.63) is 47.5 Å². The van der Waals surface area contributed by atoms with E-state index in [4.69, 9.17) is 11.5 Å². The minimum atomic E-state index is 0.0607. The van der Waals surface area contributed by atoms with E-state index in [-0.39, 0.29) is 6.04 Å². The van der Waals surface area contributed by atoms with Crippen molar-refractivity contribution in [1.82, 2.24) is 0 Å². The van der Waals surface area contributed by atoms with Gasteiger partial charge in [0.15, 0.2) is 0 Å². The molecule has 16 heavy (non-hydrogen) atoms. The molecule has 1 unspecified atom stereocenters. The van der Waals surface area contributed by atoms with Gasteiger partial charge in [-0.25, -0.2) is 0 Å². The van der Waals surface area contributed by atoms with Crippen molar-refractivity contribution in [2.24, 2.45) is 11.5 Å². The van der Waals surface area contributed by atoms with E-state index in [1.54, 1.807) is 0 Å². The fraction of sp³-hybridized carbons (Fsp3) is 0.429. The summed E-state index contributed by atoms with van der Waals surface area (Å²) in [6.45, 7) is 6.67. The van der Waals surface area contributed by atoms with Gasteiger partial charge in [-0.2, -0.15) is 0 Å². The second kappa shape index (κ2) is 6.46. The number of rotatable bonds is 6. The molecule has 0 aliphatic heterocycles. The van der Waals surface area contributed by atoms with Gasteiger partial charge in [-0.3, -0.25) is 0 Å². The molecular weight excluding hydrogens is 196 g/mol. The van der Waals surface area contributed by atoms with E-state index in [1.807, 2.05) is 0 Å². The lowest BCUT2D eigenvalue weighted by atomic mass is 10.00. The quantitative estimate of drug-likeness (QED) is 0.719. The average molecular weight is 218 g/mol. The van der Waals surface area contributed by atoms with Crippen LogP contribution in [0.25, 0.3) is 0 Å². The van der Waals surface area contributed by atoms with Crippen molar-refractivity contribution >= 4 is 0 Å². The molecule has 1 atom stereocenters. The third-order valence-corrected chi connectivity index (χ3v) is 2.74. The van der Waals surface area contributed by atoms with Crippen LogP contribution in [0.15, 0.2) is 36.4 Å². The summed E-state index contributed by atoms with van der Waals surface area (Å²) in [5, 5.41) is 0. The maximum atomic E-state index is 5.78. The van der Waals surface area contributed by atoms with E-state index in [2.05, 4.69) is 37.8 Å². The van der Waals surface area contributed by atoms with Crippen LogP contribution < -0.4 is 11.5 Å². The molecule has 0 aliphatic rings. The second-order valence-electron chi connectivity index (χ2n) is 4.44. The van der Waals surface area contributed by atoms with Crippen LogP contribution in [-0.4, -0.2) is 12.6 Å². The summed E-state index contributed by atoms with van der Waals surface area (Å²) in [5.41, 5.74) is 15.1. The Morgan fingerprint density at radius 2 is 1.94 bits per heavy atom. The molecule has 0 heterocycles. The first-order chi connectivity index (χ1) is 7.61. The van der Waals surface area contributed by atoms with Gasteiger partial charge in [-0.15, -0.1) is 0 Å². The highest BCUT2D eigenvalue weighted by Crippen LogP contribution is 2.12. The highest BCUT2D eigenvalue weighted by Gasteiger charge is 2.03. The molecule has 0 fully saturated rings. The van der Waals surface area contributed by atoms with Gasteiger partial charge in [0.05, 0.1) is 0 Å². The highest BCUT2D eigenvalue weighted by molar-refractivity contribution is 5.22. The van der Waals surface area contributed by atoms with Crippen molar-refractivity contribution < 1.29 is 0 Å². The summed E-state index contributed by atoms with van der Waals surface area (Å²) in [5.74, 6) is 0. The molecule has 1 aromatic rings. The summed E-state index contributed by atoms with van der Waals surface area (Å²) in [6, 6.07) is 8.69. The van der Waals surface area contributed by atoms with E-state index in [0.29, 0.717) is 6.54 Å². The Hall–Kier alpha value is -1.12. The fourth-order valence-corrected chi connectivity index (χ4v) is 1.63. The Morgan fingerprint density at radius 1 is 1.31 bits per heavy atom. The van der Waals surface area contributed by atoms with Crippen molar-refractivity contribution in [2.75, 3.05) is 6.54 Å². The first-order valence-corrected chi connectivity index (χ1v) is 5.79. The molecule has 88 valence electrons. The minimum Gasteiger partial charge on any atom is -0.329 e. The van der Waals surface area contributed by atoms with E-state index < -0.39 is 0 Å². The molecule has 0 aliphatic carbocycles. The fourth-order valence-electron chi connectivity index (χ4n) is 1.63. The standard InChI is InChI=1S/C14H22N2/c1-11-3-6-13(7-4-11)8-5-12(2)9-14(16)10-15/h3-4,6-7,14H,2,5,8-10,15-16H2,1H3. The molecule has 1 rings (SSSR count). The predicted octanol–water partition coefficient (Wildman–Crippen LogP) is 2.16. The molecule has 1 aromatic carbocycles. The third-order valence-electron chi connectivity index (χ3n) is 2.74. The van der Waals surface area contributed by atoms with Gasteiger partial charge in [-0.05, 0) is 31.7 Å². The van der Waals surface area contributed by atoms with E-state index >= 15 is 0 Å². The maximum Gasteiger partial charge on any atom is 0.0200 e. The van der Waals surface area contributed by atoms with Gasteiger partial charge < -0.3 is 11.5 Å². The lowest BCUT2D eigenvalue weighted by Crippen LogP contribution is -2.29. The van der Waals surface area contributed by atoms with Gasteiger partial charge in [-0.1, -0.05) is 42.0 Å². The largest absolute Gasteiger partial charge is 0.329 e. The second-order valence-corrected chi connectivity index (χ2v) is 4.44. The predicted molar refractivity (Wildman–Crippen MR) is 70.3 cm³/mol. The smallest absolute Gasteiger partial charge is 0.0200 e. The zero-order valence-corrected chi connectivity index (χ0v) is 10.1. The molecule has 0 saturated carbocycles. The molecule has 0 amide bonds. The zero-order valence-electron chi connectivity index (χ0n) is 10.1. The monoisotopic (exact) mass is 218 g/mol. The Balaban J connectivity index is 2.34. The third kappa shape index (κ3) is 4.60. The number of benzene rings is 1. The summed E-state index contributed by atoms with van der Waals surface area (Å²) in [6.07, 6.45) is 2.87. The lowest BCUT2D eigenvalue weighted by Gasteiger charge is -2.11. The maximum absolute atomic E-state index is 5.78. The first-order valence-electron chi connectivity index (χ1n) is 5.79. The Kier molecular flexibility index (Phi) is 5.23. The average Bonchev–Trinajstić information content (AvgIpc) is 2.28. The summed E-state index contributed by atoms with van der Waals surface area (Å²) in [4.78, 5) is 0. The lowest BCUT2D eigenvalue weighted by molar-refractivity contribution is 0.657. The van der Waals surface area contributed by atoms with Crippen LogP contribution >= 0.6 is 0 Å². The number of aryl methyl sites for hydroxylation is 2. The van der Waals surface area contributed by atoms with Crippen LogP contribution in [0.1, 0.15) is 24.0 Å². The molecule has 2 heteroatoms. The van der Waals surface area contributed by atoms with Gasteiger partial charge in [0.25, 0.3) is 0 Å². The molecule has 0 radical (unpaired) electrons. The first kappa shape index (κ1) is 12.9. The molecule has 0 saturated heterocycles. The molecule has 0 spiro atoms. The topological polar surface area (TPSA) is 52.0 Å². The number of nitrogens with two attached hydrogens (primary N) is 2. The van der Waals surface area contributed by atoms with E-state index in [1.165, 1.54) is 16.7 Å². The molecule has 2 nitrogen and oxygen atoms in total. The normalized spacial score (nSPS) is 12.4. The number of hydrogen-bond donors (Lipinski definition) is 2. The van der Waals surface area contributed by atoms with Crippen LogP contribution in [0.3, 0.4) is 0 Å². The van der Waals surface area contributed by atoms with Crippen molar-refractivity contribution in [1.29, 1.82) is 0 Å². The SMILES string of the molecule is C=C(CCc1ccc(C)cc1)CC(N)CN. The van der Waals surface area contributed by atoms with Crippen LogP contribution in [0.5, 0.6) is 0 Å². The van der Waals surface area contributed by atoms with Gasteiger partial charge >= 0.3 is 0 Å². The Morgan fingerprint density at radius 3 is 2.50 bits per heavy atom. The van der Waals surface area contributed by atoms with Crippen molar-refractivity contribution in [3.63, 3.8) is 0 Å². The van der Waals surface area contributed by atoms with Crippen molar-refractivity contribution in [3.8, 4) is 0 Å². The highest BCUT2D eigenvalue weighted by atomic mass is 14.7. The Labute approximate surface area is 98.3 Å². The number of hydrogen-bond acceptors (Lipinski definition) is 2. The molecular formula is C14H22N2. The summed E-state index contributed by atoms with van der Waals surface area (Å²) >= 11 is 0. The van der Waals surface area contributed by atoms with Gasteiger partial charge in [0, 0.05) is 12.6 Å². The molecule has 4 N–H and O–H groups in total.